The van der Waals surface area contributed by atoms with E-state index in [9.17, 15) is 8.78 Å². The average Bonchev–Trinajstić information content (AvgIpc) is 3.09. The van der Waals surface area contributed by atoms with Crippen molar-refractivity contribution in [1.82, 2.24) is 29.8 Å². The van der Waals surface area contributed by atoms with E-state index in [0.29, 0.717) is 5.82 Å². The van der Waals surface area contributed by atoms with Crippen LogP contribution in [0.5, 0.6) is 0 Å². The van der Waals surface area contributed by atoms with Gasteiger partial charge in [0.2, 0.25) is 5.82 Å². The average molecular weight is 355 g/mol. The topological polar surface area (TPSA) is 61.4 Å². The van der Waals surface area contributed by atoms with E-state index in [0.717, 1.165) is 14.6 Å². The minimum absolute atomic E-state index is 0.0286. The maximum Gasteiger partial charge on any atom is 0.319 e. The van der Waals surface area contributed by atoms with Crippen molar-refractivity contribution < 1.29 is 8.78 Å². The zero-order chi connectivity index (χ0) is 14.8. The van der Waals surface area contributed by atoms with Gasteiger partial charge >= 0.3 is 6.55 Å². The molecule has 0 radical (unpaired) electrons. The number of nitrogens with zero attached hydrogens (tertiary/aromatic N) is 6. The Hall–Kier alpha value is -2.16. The van der Waals surface area contributed by atoms with Gasteiger partial charge in [0.05, 0.1) is 0 Å². The third-order valence-electron chi connectivity index (χ3n) is 2.80. The second kappa shape index (κ2) is 5.68. The molecular weight excluding hydrogens is 346 g/mol. The first-order valence-corrected chi connectivity index (χ1v) is 6.76. The van der Waals surface area contributed by atoms with Crippen molar-refractivity contribution in [3.63, 3.8) is 0 Å². The highest BCUT2D eigenvalue weighted by molar-refractivity contribution is 9.10. The number of hydrogen-bond acceptors (Lipinski definition) is 4. The van der Waals surface area contributed by atoms with Crippen LogP contribution >= 0.6 is 15.9 Å². The molecule has 1 aromatic carbocycles. The molecular formula is C12H9BrF2N6. The summed E-state index contributed by atoms with van der Waals surface area (Å²) in [5.41, 5.74) is 0.793. The van der Waals surface area contributed by atoms with Gasteiger partial charge in [0, 0.05) is 22.4 Å². The maximum absolute atomic E-state index is 12.7. The lowest BCUT2D eigenvalue weighted by Crippen LogP contribution is -2.11. The Morgan fingerprint density at radius 2 is 1.95 bits per heavy atom. The van der Waals surface area contributed by atoms with Crippen LogP contribution in [0.2, 0.25) is 0 Å². The number of tetrazole rings is 1. The van der Waals surface area contributed by atoms with Gasteiger partial charge in [-0.3, -0.25) is 4.57 Å². The van der Waals surface area contributed by atoms with Crippen molar-refractivity contribution in [2.24, 2.45) is 0 Å². The van der Waals surface area contributed by atoms with Crippen molar-refractivity contribution in [3.05, 3.63) is 47.0 Å². The fourth-order valence-corrected chi connectivity index (χ4v) is 2.06. The Labute approximate surface area is 126 Å². The van der Waals surface area contributed by atoms with Gasteiger partial charge in [0.25, 0.3) is 0 Å². The number of halogens is 3. The monoisotopic (exact) mass is 354 g/mol. The standard InChI is InChI=1S/C12H9BrF2N6/c13-9-3-1-8(2-4-9)11-17-19-21(18-11)7-10-16-5-6-20(10)12(14)15/h1-6,12H,7H2. The minimum atomic E-state index is -2.64. The second-order valence-electron chi connectivity index (χ2n) is 4.18. The molecule has 0 saturated carbocycles. The van der Waals surface area contributed by atoms with E-state index in [1.807, 2.05) is 24.3 Å². The summed E-state index contributed by atoms with van der Waals surface area (Å²) in [4.78, 5) is 5.11. The first-order chi connectivity index (χ1) is 10.1. The van der Waals surface area contributed by atoms with Crippen molar-refractivity contribution in [2.75, 3.05) is 0 Å². The molecule has 0 fully saturated rings. The smallest absolute Gasteiger partial charge is 0.276 e. The summed E-state index contributed by atoms with van der Waals surface area (Å²) in [6.07, 6.45) is 2.53. The molecule has 108 valence electrons. The Morgan fingerprint density at radius 3 is 2.67 bits per heavy atom. The SMILES string of the molecule is FC(F)n1ccnc1Cn1nnc(-c2ccc(Br)cc2)n1. The molecule has 0 aliphatic heterocycles. The minimum Gasteiger partial charge on any atom is -0.276 e. The zero-order valence-electron chi connectivity index (χ0n) is 10.6. The molecule has 0 spiro atoms. The molecule has 0 bridgehead atoms. The van der Waals surface area contributed by atoms with Gasteiger partial charge < -0.3 is 0 Å². The third kappa shape index (κ3) is 2.97. The predicted molar refractivity (Wildman–Crippen MR) is 73.5 cm³/mol. The van der Waals surface area contributed by atoms with Crippen LogP contribution in [0.15, 0.2) is 41.1 Å². The number of alkyl halides is 2. The highest BCUT2D eigenvalue weighted by Crippen LogP contribution is 2.18. The maximum atomic E-state index is 12.7. The summed E-state index contributed by atoms with van der Waals surface area (Å²) in [6, 6.07) is 7.40. The van der Waals surface area contributed by atoms with E-state index in [2.05, 4.69) is 36.3 Å². The first-order valence-electron chi connectivity index (χ1n) is 5.97. The molecule has 2 aromatic heterocycles. The van der Waals surface area contributed by atoms with Crippen LogP contribution < -0.4 is 0 Å². The van der Waals surface area contributed by atoms with Crippen LogP contribution in [-0.4, -0.2) is 29.8 Å². The summed E-state index contributed by atoms with van der Waals surface area (Å²) >= 11 is 3.34. The van der Waals surface area contributed by atoms with Crippen LogP contribution in [-0.2, 0) is 6.54 Å². The van der Waals surface area contributed by atoms with Gasteiger partial charge in [-0.05, 0) is 29.5 Å². The number of aromatic nitrogens is 6. The van der Waals surface area contributed by atoms with E-state index in [1.165, 1.54) is 17.2 Å². The van der Waals surface area contributed by atoms with Gasteiger partial charge in [-0.2, -0.15) is 13.6 Å². The number of imidazole rings is 1. The second-order valence-corrected chi connectivity index (χ2v) is 5.09. The van der Waals surface area contributed by atoms with E-state index >= 15 is 0 Å². The number of hydrogen-bond donors (Lipinski definition) is 0. The number of rotatable bonds is 4. The molecule has 6 nitrogen and oxygen atoms in total. The molecule has 3 aromatic rings. The van der Waals surface area contributed by atoms with Crippen molar-refractivity contribution in [2.45, 2.75) is 13.1 Å². The molecule has 0 aliphatic rings. The predicted octanol–water partition coefficient (Wildman–Crippen LogP) is 2.74. The van der Waals surface area contributed by atoms with Crippen LogP contribution in [0.25, 0.3) is 11.4 Å². The van der Waals surface area contributed by atoms with Gasteiger partial charge in [0.1, 0.15) is 12.4 Å². The molecule has 9 heteroatoms. The Bertz CT molecular complexity index is 736. The summed E-state index contributed by atoms with van der Waals surface area (Å²) in [6.45, 7) is -2.61. The van der Waals surface area contributed by atoms with E-state index in [-0.39, 0.29) is 12.4 Å². The molecule has 2 heterocycles. The van der Waals surface area contributed by atoms with Gasteiger partial charge in [0.15, 0.2) is 0 Å². The summed E-state index contributed by atoms with van der Waals surface area (Å²) in [5, 5.41) is 11.9. The quantitative estimate of drug-likeness (QED) is 0.722. The highest BCUT2D eigenvalue weighted by Gasteiger charge is 2.13. The van der Waals surface area contributed by atoms with Gasteiger partial charge in [-0.15, -0.1) is 10.2 Å². The molecule has 0 aliphatic carbocycles. The fourth-order valence-electron chi connectivity index (χ4n) is 1.80. The van der Waals surface area contributed by atoms with Gasteiger partial charge in [-0.1, -0.05) is 15.9 Å². The molecule has 21 heavy (non-hydrogen) atoms. The van der Waals surface area contributed by atoms with Crippen LogP contribution in [0.3, 0.4) is 0 Å². The highest BCUT2D eigenvalue weighted by atomic mass is 79.9. The molecule has 0 unspecified atom stereocenters. The van der Waals surface area contributed by atoms with Gasteiger partial charge in [-0.25, -0.2) is 4.98 Å². The van der Waals surface area contributed by atoms with E-state index < -0.39 is 6.55 Å². The lowest BCUT2D eigenvalue weighted by atomic mass is 10.2. The van der Waals surface area contributed by atoms with E-state index in [4.69, 9.17) is 0 Å². The lowest BCUT2D eigenvalue weighted by Gasteiger charge is -2.04. The Morgan fingerprint density at radius 1 is 1.19 bits per heavy atom. The van der Waals surface area contributed by atoms with Crippen molar-refractivity contribution >= 4 is 15.9 Å². The fraction of sp³-hybridized carbons (Fsp3) is 0.167. The number of benzene rings is 1. The summed E-state index contributed by atoms with van der Waals surface area (Å²) < 4.78 is 27.2. The normalized spacial score (nSPS) is 11.2. The van der Waals surface area contributed by atoms with Crippen LogP contribution in [0.4, 0.5) is 8.78 Å². The van der Waals surface area contributed by atoms with Crippen molar-refractivity contribution in [3.8, 4) is 11.4 Å². The lowest BCUT2D eigenvalue weighted by molar-refractivity contribution is 0.0663. The largest absolute Gasteiger partial charge is 0.319 e. The summed E-state index contributed by atoms with van der Waals surface area (Å²) in [7, 11) is 0. The molecule has 0 N–H and O–H groups in total. The van der Waals surface area contributed by atoms with Crippen LogP contribution in [0.1, 0.15) is 12.4 Å². The summed E-state index contributed by atoms with van der Waals surface area (Å²) in [5.74, 6) is 0.599. The van der Waals surface area contributed by atoms with Crippen molar-refractivity contribution in [1.29, 1.82) is 0 Å². The molecule has 0 saturated heterocycles. The molecule has 3 rings (SSSR count). The Kier molecular flexibility index (Phi) is 3.74. The Balaban J connectivity index is 1.82. The zero-order valence-corrected chi connectivity index (χ0v) is 12.2. The van der Waals surface area contributed by atoms with E-state index in [1.54, 1.807) is 0 Å². The molecule has 0 atom stereocenters. The first kappa shape index (κ1) is 13.8. The van der Waals surface area contributed by atoms with Crippen LogP contribution in [0, 0.1) is 0 Å². The molecule has 0 amide bonds. The third-order valence-corrected chi connectivity index (χ3v) is 3.33.